The van der Waals surface area contributed by atoms with E-state index in [0.717, 1.165) is 21.5 Å². The summed E-state index contributed by atoms with van der Waals surface area (Å²) in [6, 6.07) is 11.0. The first-order chi connectivity index (χ1) is 11.7. The zero-order chi connectivity index (χ0) is 16.9. The maximum atomic E-state index is 9.90. The van der Waals surface area contributed by atoms with Gasteiger partial charge in [-0.05, 0) is 55.8 Å². The third-order valence-corrected chi connectivity index (χ3v) is 4.19. The number of aromatic nitrogens is 1. The Kier molecular flexibility index (Phi) is 4.96. The second-order valence-electron chi connectivity index (χ2n) is 4.98. The minimum atomic E-state index is 0.103. The first kappa shape index (κ1) is 16.3. The van der Waals surface area contributed by atoms with Gasteiger partial charge in [0.15, 0.2) is 11.5 Å². The van der Waals surface area contributed by atoms with E-state index in [9.17, 15) is 5.11 Å². The molecule has 0 saturated heterocycles. The molecule has 1 heterocycles. The van der Waals surface area contributed by atoms with Crippen LogP contribution < -0.4 is 9.47 Å². The molecule has 0 aliphatic rings. The normalized spacial score (nSPS) is 11.2. The van der Waals surface area contributed by atoms with Crippen LogP contribution >= 0.6 is 11.3 Å². The number of rotatable bonds is 6. The van der Waals surface area contributed by atoms with Crippen molar-refractivity contribution in [3.63, 3.8) is 0 Å². The lowest BCUT2D eigenvalue weighted by atomic mass is 10.2. The summed E-state index contributed by atoms with van der Waals surface area (Å²) in [4.78, 5) is 8.87. The van der Waals surface area contributed by atoms with Crippen LogP contribution in [0.15, 0.2) is 41.4 Å². The molecule has 0 unspecified atom stereocenters. The lowest BCUT2D eigenvalue weighted by Crippen LogP contribution is -1.92. The average Bonchev–Trinajstić information content (AvgIpc) is 2.98. The number of aliphatic imine (C=N–C) groups is 1. The van der Waals surface area contributed by atoms with Gasteiger partial charge in [0.05, 0.1) is 23.4 Å². The SMILES string of the molecule is CCOc1ccc2nc(/N=C/c3ccc(OCC)c(O)c3)sc2c1. The summed E-state index contributed by atoms with van der Waals surface area (Å²) in [5.41, 5.74) is 1.68. The molecule has 24 heavy (non-hydrogen) atoms. The van der Waals surface area contributed by atoms with Gasteiger partial charge in [-0.3, -0.25) is 0 Å². The van der Waals surface area contributed by atoms with E-state index >= 15 is 0 Å². The largest absolute Gasteiger partial charge is 0.504 e. The van der Waals surface area contributed by atoms with Gasteiger partial charge in [0.1, 0.15) is 5.75 Å². The maximum absolute atomic E-state index is 9.90. The second kappa shape index (κ2) is 7.31. The minimum absolute atomic E-state index is 0.103. The fourth-order valence-corrected chi connectivity index (χ4v) is 3.07. The fourth-order valence-electron chi connectivity index (χ4n) is 2.23. The highest BCUT2D eigenvalue weighted by atomic mass is 32.1. The Morgan fingerprint density at radius 3 is 2.71 bits per heavy atom. The topological polar surface area (TPSA) is 63.9 Å². The molecular weight excluding hydrogens is 324 g/mol. The van der Waals surface area contributed by atoms with Crippen LogP contribution in [0.5, 0.6) is 17.2 Å². The molecule has 0 spiro atoms. The second-order valence-corrected chi connectivity index (χ2v) is 5.99. The molecule has 6 heteroatoms. The number of nitrogens with zero attached hydrogens (tertiary/aromatic N) is 2. The molecule has 3 rings (SSSR count). The molecule has 0 radical (unpaired) electrons. The van der Waals surface area contributed by atoms with Crippen molar-refractivity contribution in [3.05, 3.63) is 42.0 Å². The Labute approximate surface area is 144 Å². The van der Waals surface area contributed by atoms with Crippen LogP contribution in [0.3, 0.4) is 0 Å². The summed E-state index contributed by atoms with van der Waals surface area (Å²) < 4.78 is 11.8. The summed E-state index contributed by atoms with van der Waals surface area (Å²) in [6.45, 7) is 4.98. The standard InChI is InChI=1S/C18H18N2O3S/c1-3-22-13-6-7-14-17(10-13)24-18(20-14)19-11-12-5-8-16(23-4-2)15(21)9-12/h5-11,21H,3-4H2,1-2H3/b19-11+. The molecule has 0 saturated carbocycles. The third kappa shape index (κ3) is 3.65. The highest BCUT2D eigenvalue weighted by Crippen LogP contribution is 2.31. The predicted molar refractivity (Wildman–Crippen MR) is 97.3 cm³/mol. The van der Waals surface area contributed by atoms with Crippen molar-refractivity contribution in [2.24, 2.45) is 4.99 Å². The quantitative estimate of drug-likeness (QED) is 0.668. The van der Waals surface area contributed by atoms with Crippen LogP contribution in [-0.4, -0.2) is 29.5 Å². The van der Waals surface area contributed by atoms with Crippen LogP contribution in [0.25, 0.3) is 10.2 Å². The molecule has 1 aromatic heterocycles. The molecular formula is C18H18N2O3S. The van der Waals surface area contributed by atoms with Crippen LogP contribution in [0, 0.1) is 0 Å². The first-order valence-electron chi connectivity index (χ1n) is 7.73. The van der Waals surface area contributed by atoms with Crippen molar-refractivity contribution < 1.29 is 14.6 Å². The predicted octanol–water partition coefficient (Wildman–Crippen LogP) is 4.55. The van der Waals surface area contributed by atoms with Crippen LogP contribution in [0.2, 0.25) is 0 Å². The van der Waals surface area contributed by atoms with Gasteiger partial charge in [-0.2, -0.15) is 0 Å². The molecule has 3 aromatic rings. The van der Waals surface area contributed by atoms with Gasteiger partial charge in [-0.15, -0.1) is 0 Å². The smallest absolute Gasteiger partial charge is 0.210 e. The first-order valence-corrected chi connectivity index (χ1v) is 8.54. The van der Waals surface area contributed by atoms with Crippen LogP contribution in [0.4, 0.5) is 5.13 Å². The summed E-state index contributed by atoms with van der Waals surface area (Å²) in [5, 5.41) is 10.6. The summed E-state index contributed by atoms with van der Waals surface area (Å²) in [6.07, 6.45) is 1.68. The van der Waals surface area contributed by atoms with E-state index in [0.29, 0.717) is 24.1 Å². The number of phenols is 1. The Bertz CT molecular complexity index is 874. The van der Waals surface area contributed by atoms with Crippen molar-refractivity contribution in [2.75, 3.05) is 13.2 Å². The number of hydrogen-bond donors (Lipinski definition) is 1. The number of aromatic hydroxyl groups is 1. The van der Waals surface area contributed by atoms with Gasteiger partial charge >= 0.3 is 0 Å². The Hall–Kier alpha value is -2.60. The zero-order valence-electron chi connectivity index (χ0n) is 13.5. The lowest BCUT2D eigenvalue weighted by molar-refractivity contribution is 0.318. The number of ether oxygens (including phenoxy) is 2. The summed E-state index contributed by atoms with van der Waals surface area (Å²) in [7, 11) is 0. The zero-order valence-corrected chi connectivity index (χ0v) is 14.3. The molecule has 0 atom stereocenters. The highest BCUT2D eigenvalue weighted by molar-refractivity contribution is 7.22. The minimum Gasteiger partial charge on any atom is -0.504 e. The van der Waals surface area contributed by atoms with Gasteiger partial charge in [0.25, 0.3) is 0 Å². The van der Waals surface area contributed by atoms with Crippen molar-refractivity contribution >= 4 is 32.9 Å². The molecule has 0 aliphatic carbocycles. The van der Waals surface area contributed by atoms with E-state index in [-0.39, 0.29) is 5.75 Å². The molecule has 124 valence electrons. The lowest BCUT2D eigenvalue weighted by Gasteiger charge is -2.05. The molecule has 0 fully saturated rings. The van der Waals surface area contributed by atoms with Gasteiger partial charge in [0, 0.05) is 6.21 Å². The number of fused-ring (bicyclic) bond motifs is 1. The Balaban J connectivity index is 1.81. The molecule has 5 nitrogen and oxygen atoms in total. The molecule has 0 bridgehead atoms. The van der Waals surface area contributed by atoms with E-state index in [1.165, 1.54) is 11.3 Å². The molecule has 0 amide bonds. The highest BCUT2D eigenvalue weighted by Gasteiger charge is 2.05. The van der Waals surface area contributed by atoms with Gasteiger partial charge < -0.3 is 14.6 Å². The van der Waals surface area contributed by atoms with Crippen molar-refractivity contribution in [1.82, 2.24) is 4.98 Å². The van der Waals surface area contributed by atoms with Crippen molar-refractivity contribution in [2.45, 2.75) is 13.8 Å². The van der Waals surface area contributed by atoms with Gasteiger partial charge in [-0.25, -0.2) is 9.98 Å². The monoisotopic (exact) mass is 342 g/mol. The maximum Gasteiger partial charge on any atom is 0.210 e. The van der Waals surface area contributed by atoms with E-state index in [2.05, 4.69) is 9.98 Å². The fraction of sp³-hybridized carbons (Fsp3) is 0.222. The van der Waals surface area contributed by atoms with E-state index in [4.69, 9.17) is 9.47 Å². The molecule has 2 aromatic carbocycles. The summed E-state index contributed by atoms with van der Waals surface area (Å²) >= 11 is 1.50. The van der Waals surface area contributed by atoms with E-state index in [1.807, 2.05) is 38.1 Å². The van der Waals surface area contributed by atoms with Crippen LogP contribution in [0.1, 0.15) is 19.4 Å². The van der Waals surface area contributed by atoms with Crippen molar-refractivity contribution in [3.8, 4) is 17.2 Å². The van der Waals surface area contributed by atoms with E-state index in [1.54, 1.807) is 18.3 Å². The van der Waals surface area contributed by atoms with Crippen molar-refractivity contribution in [1.29, 1.82) is 0 Å². The summed E-state index contributed by atoms with van der Waals surface area (Å²) in [5.74, 6) is 1.41. The molecule has 1 N–H and O–H groups in total. The Morgan fingerprint density at radius 1 is 1.12 bits per heavy atom. The number of thiazole rings is 1. The van der Waals surface area contributed by atoms with Crippen LogP contribution in [-0.2, 0) is 0 Å². The van der Waals surface area contributed by atoms with Gasteiger partial charge in [-0.1, -0.05) is 11.3 Å². The third-order valence-electron chi connectivity index (χ3n) is 3.27. The number of benzene rings is 2. The Morgan fingerprint density at radius 2 is 1.96 bits per heavy atom. The molecule has 0 aliphatic heterocycles. The average molecular weight is 342 g/mol. The number of hydrogen-bond acceptors (Lipinski definition) is 6. The van der Waals surface area contributed by atoms with Gasteiger partial charge in [0.2, 0.25) is 5.13 Å². The van der Waals surface area contributed by atoms with E-state index < -0.39 is 0 Å². The number of phenolic OH excluding ortho intramolecular Hbond substituents is 1.